The van der Waals surface area contributed by atoms with Gasteiger partial charge in [-0.15, -0.1) is 0 Å². The van der Waals surface area contributed by atoms with Gasteiger partial charge in [-0.25, -0.2) is 8.32 Å². The Labute approximate surface area is 153 Å². The van der Waals surface area contributed by atoms with Crippen molar-refractivity contribution in [2.75, 3.05) is 0 Å². The van der Waals surface area contributed by atoms with E-state index in [1.807, 2.05) is 45.5 Å². The molecule has 1 rings (SSSR count). The van der Waals surface area contributed by atoms with Crippen LogP contribution in [0.25, 0.3) is 0 Å². The van der Waals surface area contributed by atoms with E-state index < -0.39 is 10.9 Å². The number of phenols is 1. The van der Waals surface area contributed by atoms with E-state index in [-0.39, 0.29) is 5.75 Å². The summed E-state index contributed by atoms with van der Waals surface area (Å²) in [6, 6.07) is 6.54. The van der Waals surface area contributed by atoms with Gasteiger partial charge in [-0.1, -0.05) is 57.3 Å². The molecule has 0 unspecified atom stereocenters. The number of hydrogen-bond donors (Lipinski definition) is 3. The summed E-state index contributed by atoms with van der Waals surface area (Å²) in [5.41, 5.74) is 0.817. The van der Waals surface area contributed by atoms with Crippen molar-refractivity contribution >= 4 is 96.6 Å². The van der Waals surface area contributed by atoms with Crippen molar-refractivity contribution in [1.82, 2.24) is 3.53 Å². The first kappa shape index (κ1) is 16.4. The predicted molar refractivity (Wildman–Crippen MR) is 99.4 cm³/mol. The highest BCUT2D eigenvalue weighted by molar-refractivity contribution is 14.2. The largest absolute Gasteiger partial charge is 0.508 e. The summed E-state index contributed by atoms with van der Waals surface area (Å²) < 4.78 is 0.971. The summed E-state index contributed by atoms with van der Waals surface area (Å²) in [6.07, 6.45) is 0. The molecule has 1 aromatic rings. The van der Waals surface area contributed by atoms with Crippen molar-refractivity contribution in [2.24, 2.45) is 0 Å². The van der Waals surface area contributed by atoms with Crippen molar-refractivity contribution in [3.8, 4) is 5.75 Å². The summed E-state index contributed by atoms with van der Waals surface area (Å²) in [5.74, 6) is -0.779. The Morgan fingerprint density at radius 3 is 2.00 bits per heavy atom. The number of benzene rings is 1. The second-order valence-corrected chi connectivity index (χ2v) is 10.6. The zero-order chi connectivity index (χ0) is 13.3. The van der Waals surface area contributed by atoms with Gasteiger partial charge in [-0.2, -0.15) is 0 Å². The molecule has 0 radical (unpaired) electrons. The lowest BCUT2D eigenvalue weighted by atomic mass is 10.1. The van der Waals surface area contributed by atoms with Crippen molar-refractivity contribution in [1.29, 1.82) is 0 Å². The van der Waals surface area contributed by atoms with Crippen molar-refractivity contribution < 1.29 is 15.0 Å². The smallest absolute Gasteiger partial charge is 0.337 e. The summed E-state index contributed by atoms with van der Waals surface area (Å²) in [5, 5.41) is 18.6. The predicted octanol–water partition coefficient (Wildman–Crippen LogP) is 3.57. The van der Waals surface area contributed by atoms with Gasteiger partial charge in [0.05, 0.1) is 0 Å². The van der Waals surface area contributed by atoms with E-state index in [4.69, 9.17) is 0 Å². The van der Waals surface area contributed by atoms with Gasteiger partial charge in [-0.3, -0.25) is 0 Å². The van der Waals surface area contributed by atoms with Crippen molar-refractivity contribution in [3.05, 3.63) is 29.8 Å². The number of phenolic OH excluding ortho intramolecular Hbond substituents is 1. The maximum atomic E-state index is 11.4. The number of carboxylic acid groups (broad SMARTS) is 1. The molecular weight excluding hydrogens is 678 g/mol. The van der Waals surface area contributed by atoms with Gasteiger partial charge in [0, 0.05) is 22.9 Å². The average molecular weight is 685 g/mol. The molecule has 17 heavy (non-hydrogen) atoms. The number of nitrogens with one attached hydrogen (secondary N) is 1. The fourth-order valence-electron chi connectivity index (χ4n) is 1.10. The first-order valence-electron chi connectivity index (χ1n) is 4.23. The number of hydrogen-bond acceptors (Lipinski definition) is 3. The van der Waals surface area contributed by atoms with E-state index in [0.29, 0.717) is 0 Å². The Bertz CT molecular complexity index is 423. The van der Waals surface area contributed by atoms with E-state index >= 15 is 0 Å². The van der Waals surface area contributed by atoms with Crippen LogP contribution in [-0.2, 0) is 6.22 Å². The van der Waals surface area contributed by atoms with Crippen LogP contribution in [0.2, 0.25) is 0 Å². The maximum Gasteiger partial charge on any atom is 0.337 e. The van der Waals surface area contributed by atoms with Crippen LogP contribution in [0.4, 0.5) is 0 Å². The Balaban J connectivity index is 3.26. The first-order valence-corrected chi connectivity index (χ1v) is 8.54. The van der Waals surface area contributed by atoms with Crippen LogP contribution in [0.15, 0.2) is 24.3 Å². The first-order chi connectivity index (χ1) is 7.75. The number of carboxylic acids is 1. The number of aromatic hydroxyl groups is 1. The van der Waals surface area contributed by atoms with Crippen LogP contribution in [0.1, 0.15) is 5.56 Å². The number of halogens is 4. The Hall–Kier alpha value is 1.37. The number of aliphatic carboxylic acids is 1. The third kappa shape index (κ3) is 3.28. The molecule has 0 aliphatic heterocycles. The summed E-state index contributed by atoms with van der Waals surface area (Å²) in [7, 11) is 0. The molecule has 0 saturated heterocycles. The number of alkyl halides is 3. The highest BCUT2D eigenvalue weighted by atomic mass is 127. The fraction of sp³-hybridized carbons (Fsp3) is 0.222. The van der Waals surface area contributed by atoms with Crippen LogP contribution in [0.5, 0.6) is 5.75 Å². The molecule has 0 amide bonds. The molecule has 1 aromatic carbocycles. The van der Waals surface area contributed by atoms with Gasteiger partial charge in [0.15, 0.2) is 0 Å². The highest BCUT2D eigenvalue weighted by Gasteiger charge is 2.53. The van der Waals surface area contributed by atoms with Gasteiger partial charge in [0.1, 0.15) is 7.18 Å². The Morgan fingerprint density at radius 2 is 1.65 bits per heavy atom. The highest BCUT2D eigenvalue weighted by Crippen LogP contribution is 2.52. The zero-order valence-electron chi connectivity index (χ0n) is 8.12. The van der Waals surface area contributed by atoms with Crippen LogP contribution in [-0.4, -0.2) is 19.7 Å². The molecule has 1 atom stereocenters. The van der Waals surface area contributed by atoms with E-state index in [0.717, 1.165) is 5.56 Å². The molecule has 0 heterocycles. The molecule has 3 N–H and O–H groups in total. The average Bonchev–Trinajstić information content (AvgIpc) is 2.28. The molecule has 0 aliphatic rings. The normalized spacial score (nSPS) is 15.3. The van der Waals surface area contributed by atoms with E-state index in [1.165, 1.54) is 0 Å². The lowest BCUT2D eigenvalue weighted by Crippen LogP contribution is -2.52. The second-order valence-electron chi connectivity index (χ2n) is 3.18. The SMILES string of the molecule is O=C(O)[C@@](I)(NI)C(I)(I)c1ccc(O)cc1. The van der Waals surface area contributed by atoms with Gasteiger partial charge >= 0.3 is 5.97 Å². The molecule has 0 aliphatic carbocycles. The van der Waals surface area contributed by atoms with E-state index in [1.54, 1.807) is 24.3 Å². The van der Waals surface area contributed by atoms with Crippen LogP contribution >= 0.6 is 90.6 Å². The molecule has 4 nitrogen and oxygen atoms in total. The standard InChI is InChI=1S/C9H7I4NO3/c10-8(11,9(12,14-13)7(16)17)5-1-3-6(15)4-2-5/h1-4,14-15H,(H,16,17)/t9-/m1/s1. The minimum atomic E-state index is -1.15. The molecule has 94 valence electrons. The molecule has 0 spiro atoms. The van der Waals surface area contributed by atoms with E-state index in [9.17, 15) is 15.0 Å². The van der Waals surface area contributed by atoms with Crippen LogP contribution in [0.3, 0.4) is 0 Å². The number of carbonyl (C=O) groups is 1. The van der Waals surface area contributed by atoms with Crippen molar-refractivity contribution in [3.63, 3.8) is 0 Å². The second kappa shape index (κ2) is 6.21. The van der Waals surface area contributed by atoms with Crippen LogP contribution < -0.4 is 3.53 Å². The van der Waals surface area contributed by atoms with Gasteiger partial charge in [-0.05, 0) is 40.3 Å². The lowest BCUT2D eigenvalue weighted by Gasteiger charge is -2.35. The molecule has 0 bridgehead atoms. The lowest BCUT2D eigenvalue weighted by molar-refractivity contribution is -0.139. The Kier molecular flexibility index (Phi) is 6.00. The third-order valence-electron chi connectivity index (χ3n) is 2.09. The van der Waals surface area contributed by atoms with Gasteiger partial charge < -0.3 is 10.2 Å². The fourth-order valence-corrected chi connectivity index (χ4v) is 4.53. The third-order valence-corrected chi connectivity index (χ3v) is 10.4. The molecule has 0 aromatic heterocycles. The molecule has 8 heteroatoms. The van der Waals surface area contributed by atoms with Crippen molar-refractivity contribution in [2.45, 2.75) is 4.97 Å². The van der Waals surface area contributed by atoms with Gasteiger partial charge in [0.2, 0.25) is 3.55 Å². The number of rotatable bonds is 4. The quantitative estimate of drug-likeness (QED) is 0.197. The summed E-state index contributed by atoms with van der Waals surface area (Å²) in [6.45, 7) is 0. The zero-order valence-corrected chi connectivity index (χ0v) is 16.8. The Morgan fingerprint density at radius 1 is 1.18 bits per heavy atom. The topological polar surface area (TPSA) is 69.6 Å². The molecule has 0 saturated carbocycles. The van der Waals surface area contributed by atoms with Gasteiger partial charge in [0.25, 0.3) is 0 Å². The monoisotopic (exact) mass is 685 g/mol. The summed E-state index contributed by atoms with van der Waals surface area (Å²) in [4.78, 5) is 11.4. The maximum absolute atomic E-state index is 11.4. The van der Waals surface area contributed by atoms with Crippen LogP contribution in [0, 0.1) is 0 Å². The minimum Gasteiger partial charge on any atom is -0.508 e. The minimum absolute atomic E-state index is 0.161. The summed E-state index contributed by atoms with van der Waals surface area (Å²) >= 11 is 7.92. The molecular formula is C9H7I4NO3. The molecule has 0 fully saturated rings. The van der Waals surface area contributed by atoms with E-state index in [2.05, 4.69) is 48.7 Å².